The van der Waals surface area contributed by atoms with Crippen LogP contribution in [-0.2, 0) is 38.0 Å². The first-order valence-corrected chi connectivity index (χ1v) is 19.7. The van der Waals surface area contributed by atoms with Crippen LogP contribution in [0.4, 0.5) is 0 Å². The lowest BCUT2D eigenvalue weighted by molar-refractivity contribution is -0.336. The lowest BCUT2D eigenvalue weighted by Gasteiger charge is -2.45. The van der Waals surface area contributed by atoms with Crippen molar-refractivity contribution >= 4 is 17.6 Å². The maximum absolute atomic E-state index is 12.8. The van der Waals surface area contributed by atoms with Crippen molar-refractivity contribution in [1.82, 2.24) is 0 Å². The zero-order valence-corrected chi connectivity index (χ0v) is 32.5. The number of cyclic esters (lactones) is 1. The van der Waals surface area contributed by atoms with Crippen molar-refractivity contribution in [2.24, 2.45) is 11.8 Å². The quantitative estimate of drug-likeness (QED) is 0.0841. The standard InChI is InChI=1S/C41H61ClO11/c1-6-7-8-9-10-11-12-13-14-15-16-17-33-40(31(43)21-19-30(42)20-22-34(45)49-33)52-37-25-32(44)39(29(5)48-37)51-36-24-27(3)38(28(4)47-36)50-35-23-18-26(2)41(46)53-35/h7-8,10-17,19,21,26-33,35-41,43-44,46H,6,9,18,20,22-25H2,1-5H3. The molecule has 0 aromatic heterocycles. The van der Waals surface area contributed by atoms with E-state index in [4.69, 9.17) is 44.8 Å². The van der Waals surface area contributed by atoms with Gasteiger partial charge in [-0.15, -0.1) is 11.6 Å². The van der Waals surface area contributed by atoms with E-state index in [9.17, 15) is 20.1 Å². The van der Waals surface area contributed by atoms with E-state index in [1.807, 2.05) is 38.2 Å². The molecule has 3 fully saturated rings. The lowest BCUT2D eigenvalue weighted by atomic mass is 9.93. The molecule has 4 aliphatic heterocycles. The Morgan fingerprint density at radius 1 is 0.736 bits per heavy atom. The Kier molecular flexibility index (Phi) is 18.4. The molecule has 0 bridgehead atoms. The van der Waals surface area contributed by atoms with Crippen molar-refractivity contribution < 1.29 is 53.3 Å². The van der Waals surface area contributed by atoms with Crippen LogP contribution in [0.1, 0.15) is 86.0 Å². The van der Waals surface area contributed by atoms with Crippen molar-refractivity contribution in [2.75, 3.05) is 0 Å². The fourth-order valence-electron chi connectivity index (χ4n) is 6.84. The summed E-state index contributed by atoms with van der Waals surface area (Å²) in [6.07, 6.45) is 17.8. The highest BCUT2D eigenvalue weighted by Gasteiger charge is 2.44. The van der Waals surface area contributed by atoms with E-state index in [1.54, 1.807) is 37.3 Å². The fourth-order valence-corrected chi connectivity index (χ4v) is 7.03. The van der Waals surface area contributed by atoms with Gasteiger partial charge in [0.15, 0.2) is 25.2 Å². The fraction of sp³-hybridized carbons (Fsp3) is 0.683. The van der Waals surface area contributed by atoms with E-state index >= 15 is 0 Å². The summed E-state index contributed by atoms with van der Waals surface area (Å²) in [7, 11) is 0. The Bertz CT molecular complexity index is 1260. The maximum Gasteiger partial charge on any atom is 0.306 e. The number of esters is 1. The molecule has 11 nitrogen and oxygen atoms in total. The van der Waals surface area contributed by atoms with Crippen molar-refractivity contribution in [1.29, 1.82) is 0 Å². The Morgan fingerprint density at radius 3 is 2.09 bits per heavy atom. The molecule has 15 atom stereocenters. The predicted octanol–water partition coefficient (Wildman–Crippen LogP) is 6.31. The van der Waals surface area contributed by atoms with Crippen LogP contribution >= 0.6 is 11.6 Å². The minimum absolute atomic E-state index is 0.0419. The van der Waals surface area contributed by atoms with E-state index < -0.39 is 73.1 Å². The molecule has 0 saturated carbocycles. The summed E-state index contributed by atoms with van der Waals surface area (Å²) in [5.74, 6) is -0.351. The van der Waals surface area contributed by atoms with Gasteiger partial charge in [0.2, 0.25) is 0 Å². The van der Waals surface area contributed by atoms with Gasteiger partial charge in [-0.2, -0.15) is 0 Å². The SMILES string of the molecule is CCC=CCC=CC=CC=CC=CC1OC(=O)CCC(Cl)C=CC(O)C1OC1CC(O)C(OC2CC(C)C(OC3CCC(C)C(O)O3)C(C)O2)C(C)O1. The molecule has 0 amide bonds. The van der Waals surface area contributed by atoms with Crippen LogP contribution in [0.5, 0.6) is 0 Å². The van der Waals surface area contributed by atoms with Gasteiger partial charge in [0, 0.05) is 25.2 Å². The van der Waals surface area contributed by atoms with Crippen LogP contribution in [0.2, 0.25) is 0 Å². The molecule has 0 aliphatic carbocycles. The van der Waals surface area contributed by atoms with Gasteiger partial charge in [-0.25, -0.2) is 0 Å². The summed E-state index contributed by atoms with van der Waals surface area (Å²) in [6.45, 7) is 9.81. The molecule has 3 N–H and O–H groups in total. The molecule has 53 heavy (non-hydrogen) atoms. The average molecular weight is 765 g/mol. The smallest absolute Gasteiger partial charge is 0.306 e. The lowest BCUT2D eigenvalue weighted by Crippen LogP contribution is -2.55. The molecule has 298 valence electrons. The summed E-state index contributed by atoms with van der Waals surface area (Å²) in [5.41, 5.74) is 0. The summed E-state index contributed by atoms with van der Waals surface area (Å²) >= 11 is 6.34. The molecular formula is C41H61ClO11. The third kappa shape index (κ3) is 14.1. The van der Waals surface area contributed by atoms with E-state index in [0.717, 1.165) is 19.3 Å². The van der Waals surface area contributed by atoms with Crippen LogP contribution < -0.4 is 0 Å². The second kappa shape index (κ2) is 22.4. The van der Waals surface area contributed by atoms with Gasteiger partial charge in [0.1, 0.15) is 24.4 Å². The van der Waals surface area contributed by atoms with E-state index in [1.165, 1.54) is 0 Å². The van der Waals surface area contributed by atoms with Crippen LogP contribution in [-0.4, -0.2) is 101 Å². The predicted molar refractivity (Wildman–Crippen MR) is 201 cm³/mol. The van der Waals surface area contributed by atoms with Gasteiger partial charge < -0.3 is 48.5 Å². The summed E-state index contributed by atoms with van der Waals surface area (Å²) < 4.78 is 42.7. The molecule has 12 heteroatoms. The van der Waals surface area contributed by atoms with E-state index in [0.29, 0.717) is 19.3 Å². The third-order valence-electron chi connectivity index (χ3n) is 9.90. The largest absolute Gasteiger partial charge is 0.455 e. The van der Waals surface area contributed by atoms with Gasteiger partial charge in [-0.1, -0.05) is 87.6 Å². The molecule has 0 spiro atoms. The second-order valence-electron chi connectivity index (χ2n) is 14.5. The number of ether oxygens (including phenoxy) is 7. The molecule has 4 rings (SSSR count). The number of carbonyl (C=O) groups is 1. The van der Waals surface area contributed by atoms with Gasteiger partial charge in [-0.05, 0) is 57.9 Å². The number of hydrogen-bond donors (Lipinski definition) is 3. The number of rotatable bonds is 13. The minimum atomic E-state index is -1.20. The zero-order chi connectivity index (χ0) is 38.3. The Hall–Kier alpha value is -2.16. The van der Waals surface area contributed by atoms with Gasteiger partial charge in [-0.3, -0.25) is 4.79 Å². The monoisotopic (exact) mass is 764 g/mol. The first kappa shape index (κ1) is 43.6. The Balaban J connectivity index is 1.36. The average Bonchev–Trinajstić information content (AvgIpc) is 3.11. The number of carbonyl (C=O) groups excluding carboxylic acids is 1. The summed E-state index contributed by atoms with van der Waals surface area (Å²) in [4.78, 5) is 12.8. The Labute approximate surface area is 320 Å². The van der Waals surface area contributed by atoms with Crippen molar-refractivity contribution in [3.8, 4) is 0 Å². The third-order valence-corrected chi connectivity index (χ3v) is 10.3. The van der Waals surface area contributed by atoms with Crippen molar-refractivity contribution in [3.05, 3.63) is 72.9 Å². The Morgan fingerprint density at radius 2 is 1.40 bits per heavy atom. The summed E-state index contributed by atoms with van der Waals surface area (Å²) in [6, 6.07) is 0. The number of hydrogen-bond acceptors (Lipinski definition) is 11. The highest BCUT2D eigenvalue weighted by molar-refractivity contribution is 6.21. The number of aliphatic hydroxyl groups is 3. The molecule has 4 heterocycles. The number of allylic oxidation sites excluding steroid dienone is 10. The van der Waals surface area contributed by atoms with E-state index in [2.05, 4.69) is 32.1 Å². The summed E-state index contributed by atoms with van der Waals surface area (Å²) in [5, 5.41) is 32.2. The van der Waals surface area contributed by atoms with E-state index in [-0.39, 0.29) is 36.9 Å². The molecule has 15 unspecified atom stereocenters. The van der Waals surface area contributed by atoms with Gasteiger partial charge >= 0.3 is 5.97 Å². The zero-order valence-electron chi connectivity index (χ0n) is 31.7. The highest BCUT2D eigenvalue weighted by Crippen LogP contribution is 2.35. The van der Waals surface area contributed by atoms with Crippen LogP contribution in [0, 0.1) is 11.8 Å². The number of halogens is 1. The maximum atomic E-state index is 12.8. The number of aliphatic hydroxyl groups excluding tert-OH is 3. The van der Waals surface area contributed by atoms with Crippen LogP contribution in [0.25, 0.3) is 0 Å². The van der Waals surface area contributed by atoms with Gasteiger partial charge in [0.25, 0.3) is 0 Å². The molecule has 0 aromatic carbocycles. The molecule has 3 saturated heterocycles. The highest BCUT2D eigenvalue weighted by atomic mass is 35.5. The van der Waals surface area contributed by atoms with Crippen LogP contribution in [0.15, 0.2) is 72.9 Å². The molecule has 0 radical (unpaired) electrons. The molecular weight excluding hydrogens is 704 g/mol. The number of alkyl halides is 1. The van der Waals surface area contributed by atoms with Crippen molar-refractivity contribution in [3.63, 3.8) is 0 Å². The normalized spacial score (nSPS) is 40.9. The topological polar surface area (TPSA) is 142 Å². The van der Waals surface area contributed by atoms with Crippen LogP contribution in [0.3, 0.4) is 0 Å². The molecule has 4 aliphatic rings. The van der Waals surface area contributed by atoms with Crippen molar-refractivity contribution in [2.45, 2.75) is 165 Å². The van der Waals surface area contributed by atoms with Gasteiger partial charge in [0.05, 0.1) is 29.8 Å². The first-order chi connectivity index (χ1) is 25.4. The second-order valence-corrected chi connectivity index (χ2v) is 15.0. The molecule has 0 aromatic rings. The minimum Gasteiger partial charge on any atom is -0.455 e. The first-order valence-electron chi connectivity index (χ1n) is 19.3.